The molecule has 0 radical (unpaired) electrons. The van der Waals surface area contributed by atoms with Crippen LogP contribution in [-0.4, -0.2) is 11.9 Å². The number of amidine groups is 1. The average Bonchev–Trinajstić information content (AvgIpc) is 2.49. The molecule has 0 amide bonds. The maximum absolute atomic E-state index is 8.85. The summed E-state index contributed by atoms with van der Waals surface area (Å²) in [6, 6.07) is 7.89. The molecule has 4 heteroatoms. The van der Waals surface area contributed by atoms with Crippen molar-refractivity contribution >= 4 is 23.5 Å². The van der Waals surface area contributed by atoms with Crippen LogP contribution in [0.3, 0.4) is 0 Å². The SMILES string of the molecule is CC1CCC(N=C(/C=C/c2ccc(Cl)cc2)NC#N)CC1. The normalized spacial score (nSPS) is 23.0. The van der Waals surface area contributed by atoms with Gasteiger partial charge in [-0.2, -0.15) is 5.26 Å². The molecular formula is C17H20ClN3. The highest BCUT2D eigenvalue weighted by Crippen LogP contribution is 2.25. The smallest absolute Gasteiger partial charge is 0.182 e. The molecule has 0 spiro atoms. The Kier molecular flexibility index (Phi) is 5.83. The second-order valence-electron chi connectivity index (χ2n) is 5.55. The van der Waals surface area contributed by atoms with Crippen molar-refractivity contribution < 1.29 is 0 Å². The second kappa shape index (κ2) is 7.85. The van der Waals surface area contributed by atoms with Crippen molar-refractivity contribution in [3.05, 3.63) is 40.9 Å². The predicted octanol–water partition coefficient (Wildman–Crippen LogP) is 4.40. The van der Waals surface area contributed by atoms with Gasteiger partial charge in [0.2, 0.25) is 0 Å². The van der Waals surface area contributed by atoms with Gasteiger partial charge in [0.1, 0.15) is 5.84 Å². The molecule has 1 saturated carbocycles. The molecular weight excluding hydrogens is 282 g/mol. The highest BCUT2D eigenvalue weighted by molar-refractivity contribution is 6.30. The average molecular weight is 302 g/mol. The van der Waals surface area contributed by atoms with Crippen LogP contribution in [0.4, 0.5) is 0 Å². The third kappa shape index (κ3) is 5.24. The zero-order valence-electron chi connectivity index (χ0n) is 12.2. The molecule has 0 aromatic heterocycles. The van der Waals surface area contributed by atoms with Gasteiger partial charge in [0.25, 0.3) is 0 Å². The van der Waals surface area contributed by atoms with Crippen LogP contribution in [0, 0.1) is 17.4 Å². The summed E-state index contributed by atoms with van der Waals surface area (Å²) in [4.78, 5) is 4.66. The van der Waals surface area contributed by atoms with E-state index in [1.807, 2.05) is 42.6 Å². The minimum absolute atomic E-state index is 0.326. The fraction of sp³-hybridized carbons (Fsp3) is 0.412. The Morgan fingerprint density at radius 2 is 1.95 bits per heavy atom. The summed E-state index contributed by atoms with van der Waals surface area (Å²) in [5.74, 6) is 1.43. The van der Waals surface area contributed by atoms with E-state index in [1.54, 1.807) is 0 Å². The summed E-state index contributed by atoms with van der Waals surface area (Å²) >= 11 is 5.86. The number of aliphatic imine (C=N–C) groups is 1. The second-order valence-corrected chi connectivity index (χ2v) is 5.99. The Hall–Kier alpha value is -1.79. The maximum Gasteiger partial charge on any atom is 0.182 e. The molecule has 1 N–H and O–H groups in total. The molecule has 1 aromatic rings. The molecule has 3 nitrogen and oxygen atoms in total. The van der Waals surface area contributed by atoms with Crippen molar-refractivity contribution in [2.75, 3.05) is 0 Å². The third-order valence-corrected chi connectivity index (χ3v) is 4.05. The Bertz CT molecular complexity index is 546. The standard InChI is InChI=1S/C17H20ClN3/c1-13-2-9-16(10-3-13)21-17(20-12-19)11-6-14-4-7-15(18)8-5-14/h4-8,11,13,16H,2-3,9-10H2,1H3,(H,20,21)/b11-6+. The number of hydrogen-bond acceptors (Lipinski definition) is 2. The van der Waals surface area contributed by atoms with E-state index in [0.29, 0.717) is 16.9 Å². The van der Waals surface area contributed by atoms with Crippen LogP contribution >= 0.6 is 11.6 Å². The molecule has 2 rings (SSSR count). The van der Waals surface area contributed by atoms with Gasteiger partial charge >= 0.3 is 0 Å². The van der Waals surface area contributed by atoms with Gasteiger partial charge in [0.15, 0.2) is 6.19 Å². The number of nitrogens with zero attached hydrogens (tertiary/aromatic N) is 2. The Labute approximate surface area is 131 Å². The quantitative estimate of drug-likeness (QED) is 0.389. The fourth-order valence-corrected chi connectivity index (χ4v) is 2.62. The molecule has 1 aliphatic carbocycles. The fourth-order valence-electron chi connectivity index (χ4n) is 2.49. The largest absolute Gasteiger partial charge is 0.277 e. The summed E-state index contributed by atoms with van der Waals surface area (Å²) in [6.07, 6.45) is 10.4. The van der Waals surface area contributed by atoms with E-state index in [9.17, 15) is 0 Å². The number of benzene rings is 1. The van der Waals surface area contributed by atoms with Crippen LogP contribution in [0.5, 0.6) is 0 Å². The van der Waals surface area contributed by atoms with E-state index >= 15 is 0 Å². The lowest BCUT2D eigenvalue weighted by molar-refractivity contribution is 0.349. The van der Waals surface area contributed by atoms with Gasteiger partial charge in [-0.25, -0.2) is 0 Å². The lowest BCUT2D eigenvalue weighted by Crippen LogP contribution is -2.22. The van der Waals surface area contributed by atoms with E-state index in [2.05, 4.69) is 17.2 Å². The number of nitriles is 1. The first-order chi connectivity index (χ1) is 10.2. The summed E-state index contributed by atoms with van der Waals surface area (Å²) in [7, 11) is 0. The molecule has 0 atom stereocenters. The van der Waals surface area contributed by atoms with Crippen molar-refractivity contribution in [3.63, 3.8) is 0 Å². The van der Waals surface area contributed by atoms with Crippen molar-refractivity contribution in [3.8, 4) is 6.19 Å². The van der Waals surface area contributed by atoms with E-state index in [4.69, 9.17) is 16.9 Å². The lowest BCUT2D eigenvalue weighted by Gasteiger charge is -2.23. The number of halogens is 1. The van der Waals surface area contributed by atoms with E-state index in [-0.39, 0.29) is 0 Å². The first-order valence-corrected chi connectivity index (χ1v) is 7.71. The summed E-state index contributed by atoms with van der Waals surface area (Å²) in [5, 5.41) is 12.2. The van der Waals surface area contributed by atoms with E-state index in [1.165, 1.54) is 12.8 Å². The molecule has 0 heterocycles. The lowest BCUT2D eigenvalue weighted by atomic mass is 9.88. The highest BCUT2D eigenvalue weighted by atomic mass is 35.5. The van der Waals surface area contributed by atoms with Gasteiger partial charge in [0.05, 0.1) is 6.04 Å². The molecule has 1 fully saturated rings. The molecule has 0 aliphatic heterocycles. The Balaban J connectivity index is 2.04. The van der Waals surface area contributed by atoms with Gasteiger partial charge < -0.3 is 0 Å². The third-order valence-electron chi connectivity index (χ3n) is 3.79. The summed E-state index contributed by atoms with van der Waals surface area (Å²) < 4.78 is 0. The van der Waals surface area contributed by atoms with Crippen molar-refractivity contribution in [2.45, 2.75) is 38.6 Å². The van der Waals surface area contributed by atoms with Crippen LogP contribution in [0.1, 0.15) is 38.2 Å². The highest BCUT2D eigenvalue weighted by Gasteiger charge is 2.17. The molecule has 0 unspecified atom stereocenters. The summed E-state index contributed by atoms with van der Waals surface area (Å²) in [5.41, 5.74) is 1.03. The Morgan fingerprint density at radius 1 is 1.29 bits per heavy atom. The van der Waals surface area contributed by atoms with Crippen molar-refractivity contribution in [2.24, 2.45) is 10.9 Å². The van der Waals surface area contributed by atoms with Gasteiger partial charge in [-0.1, -0.05) is 36.7 Å². The van der Waals surface area contributed by atoms with Gasteiger partial charge in [-0.3, -0.25) is 10.3 Å². The van der Waals surface area contributed by atoms with E-state index in [0.717, 1.165) is 24.3 Å². The molecule has 0 saturated heterocycles. The monoisotopic (exact) mass is 301 g/mol. The van der Waals surface area contributed by atoms with Gasteiger partial charge in [-0.15, -0.1) is 0 Å². The molecule has 0 bridgehead atoms. The van der Waals surface area contributed by atoms with Crippen LogP contribution < -0.4 is 5.32 Å². The number of nitrogens with one attached hydrogen (secondary N) is 1. The van der Waals surface area contributed by atoms with Crippen LogP contribution in [-0.2, 0) is 0 Å². The first-order valence-electron chi connectivity index (χ1n) is 7.34. The zero-order chi connectivity index (χ0) is 15.1. The molecule has 110 valence electrons. The topological polar surface area (TPSA) is 48.2 Å². The minimum atomic E-state index is 0.326. The van der Waals surface area contributed by atoms with Gasteiger partial charge in [-0.05, 0) is 55.4 Å². The van der Waals surface area contributed by atoms with E-state index < -0.39 is 0 Å². The summed E-state index contributed by atoms with van der Waals surface area (Å²) in [6.45, 7) is 2.29. The van der Waals surface area contributed by atoms with Crippen LogP contribution in [0.15, 0.2) is 35.3 Å². The molecule has 1 aliphatic rings. The van der Waals surface area contributed by atoms with Crippen LogP contribution in [0.25, 0.3) is 6.08 Å². The minimum Gasteiger partial charge on any atom is -0.277 e. The Morgan fingerprint density at radius 3 is 2.57 bits per heavy atom. The zero-order valence-corrected chi connectivity index (χ0v) is 13.0. The van der Waals surface area contributed by atoms with Crippen molar-refractivity contribution in [1.82, 2.24) is 5.32 Å². The van der Waals surface area contributed by atoms with Crippen LogP contribution in [0.2, 0.25) is 5.02 Å². The number of rotatable bonds is 3. The molecule has 21 heavy (non-hydrogen) atoms. The van der Waals surface area contributed by atoms with Gasteiger partial charge in [0, 0.05) is 5.02 Å². The predicted molar refractivity (Wildman–Crippen MR) is 88.1 cm³/mol. The maximum atomic E-state index is 8.85. The molecule has 1 aromatic carbocycles. The number of hydrogen-bond donors (Lipinski definition) is 1. The first kappa shape index (κ1) is 15.6. The van der Waals surface area contributed by atoms with Crippen molar-refractivity contribution in [1.29, 1.82) is 5.26 Å².